The Hall–Kier alpha value is -1.89. The van der Waals surface area contributed by atoms with Crippen LogP contribution in [0.3, 0.4) is 0 Å². The molecule has 5 rings (SSSR count). The van der Waals surface area contributed by atoms with E-state index in [9.17, 15) is 4.79 Å². The number of hydrogen-bond acceptors (Lipinski definition) is 5. The van der Waals surface area contributed by atoms with Crippen LogP contribution in [-0.4, -0.2) is 11.0 Å². The van der Waals surface area contributed by atoms with Gasteiger partial charge in [0.05, 0.1) is 16.2 Å². The molecule has 0 bridgehead atoms. The van der Waals surface area contributed by atoms with Crippen LogP contribution in [0.25, 0.3) is 0 Å². The Bertz CT molecular complexity index is 1020. The highest BCUT2D eigenvalue weighted by molar-refractivity contribution is 7.99. The van der Waals surface area contributed by atoms with Crippen LogP contribution in [0.2, 0.25) is 0 Å². The third kappa shape index (κ3) is 2.39. The van der Waals surface area contributed by atoms with Crippen molar-refractivity contribution in [3.63, 3.8) is 0 Å². The number of rotatable bonds is 1. The zero-order valence-electron chi connectivity index (χ0n) is 13.0. The number of aromatic nitrogens is 1. The van der Waals surface area contributed by atoms with Crippen molar-refractivity contribution in [2.45, 2.75) is 16.2 Å². The quantitative estimate of drug-likeness (QED) is 0.351. The Morgan fingerprint density at radius 3 is 2.64 bits per heavy atom. The first-order valence-electron chi connectivity index (χ1n) is 7.97. The fourth-order valence-electron chi connectivity index (χ4n) is 3.68. The molecule has 2 aliphatic heterocycles. The Labute approximate surface area is 158 Å². The Morgan fingerprint density at radius 2 is 1.80 bits per heavy atom. The van der Waals surface area contributed by atoms with Crippen LogP contribution in [0.1, 0.15) is 27.2 Å². The molecule has 3 heterocycles. The first kappa shape index (κ1) is 15.4. The van der Waals surface area contributed by atoms with Gasteiger partial charge in [-0.1, -0.05) is 60.3 Å². The van der Waals surface area contributed by atoms with E-state index in [-0.39, 0.29) is 23.1 Å². The number of benzene rings is 2. The average molecular weight is 384 g/mol. The molecule has 0 saturated carbocycles. The summed E-state index contributed by atoms with van der Waals surface area (Å²) in [5.74, 6) is 0.237. The minimum Gasteiger partial charge on any atom is -0.426 e. The second kappa shape index (κ2) is 5.83. The normalized spacial score (nSPS) is 24.0. The fourth-order valence-corrected chi connectivity index (χ4v) is 6.71. The number of nitrogens with one attached hydrogen (secondary N) is 1. The summed E-state index contributed by atoms with van der Waals surface area (Å²) in [5, 5.41) is 1.08. The lowest BCUT2D eigenvalue weighted by Gasteiger charge is -2.39. The van der Waals surface area contributed by atoms with Crippen molar-refractivity contribution >= 4 is 41.3 Å². The predicted octanol–water partition coefficient (Wildman–Crippen LogP) is 5.32. The highest BCUT2D eigenvalue weighted by atomic mass is 32.2. The van der Waals surface area contributed by atoms with E-state index in [0.29, 0.717) is 5.75 Å². The molecule has 0 saturated heterocycles. The molecule has 3 nitrogen and oxygen atoms in total. The summed E-state index contributed by atoms with van der Waals surface area (Å²) in [5.41, 5.74) is 2.20. The molecular weight excluding hydrogens is 370 g/mol. The van der Waals surface area contributed by atoms with Gasteiger partial charge in [0.2, 0.25) is 0 Å². The van der Waals surface area contributed by atoms with Gasteiger partial charge in [-0.3, -0.25) is 4.79 Å². The third-order valence-corrected chi connectivity index (χ3v) is 7.54. The number of aromatic amines is 1. The molecule has 0 unspecified atom stereocenters. The van der Waals surface area contributed by atoms with Gasteiger partial charge in [0.15, 0.2) is 3.95 Å². The summed E-state index contributed by atoms with van der Waals surface area (Å²) in [7, 11) is 0. The zero-order chi connectivity index (χ0) is 17.0. The van der Waals surface area contributed by atoms with Gasteiger partial charge < -0.3 is 9.72 Å². The number of H-pyrrole nitrogens is 1. The first-order valence-corrected chi connectivity index (χ1v) is 10.1. The number of para-hydroxylation sites is 1. The highest BCUT2D eigenvalue weighted by Gasteiger charge is 2.49. The first-order chi connectivity index (χ1) is 12.2. The van der Waals surface area contributed by atoms with E-state index in [1.807, 2.05) is 36.4 Å². The summed E-state index contributed by atoms with van der Waals surface area (Å²) < 4.78 is 6.44. The second-order valence-electron chi connectivity index (χ2n) is 6.12. The number of carbonyl (C=O) groups is 1. The maximum absolute atomic E-state index is 12.9. The largest absolute Gasteiger partial charge is 0.426 e. The van der Waals surface area contributed by atoms with Crippen LogP contribution < -0.4 is 4.74 Å². The minimum absolute atomic E-state index is 0.000180. The van der Waals surface area contributed by atoms with E-state index >= 15 is 0 Å². The average Bonchev–Trinajstić information content (AvgIpc) is 3.01. The van der Waals surface area contributed by atoms with Crippen LogP contribution in [0.5, 0.6) is 5.75 Å². The van der Waals surface area contributed by atoms with Crippen molar-refractivity contribution in [3.05, 3.63) is 74.6 Å². The molecular formula is C19H13NO2S3. The number of carbonyl (C=O) groups excluding carboxylic acids is 1. The third-order valence-electron chi connectivity index (χ3n) is 4.72. The molecule has 0 aliphatic carbocycles. The Kier molecular flexibility index (Phi) is 3.58. The molecule has 1 aromatic heterocycles. The molecule has 6 heteroatoms. The topological polar surface area (TPSA) is 42.1 Å². The Balaban J connectivity index is 1.75. The van der Waals surface area contributed by atoms with E-state index in [0.717, 1.165) is 25.0 Å². The highest BCUT2D eigenvalue weighted by Crippen LogP contribution is 2.59. The number of ether oxygens (including phenoxy) is 1. The predicted molar refractivity (Wildman–Crippen MR) is 102 cm³/mol. The number of esters is 1. The van der Waals surface area contributed by atoms with Crippen molar-refractivity contribution in [2.75, 3.05) is 0 Å². The van der Waals surface area contributed by atoms with Crippen LogP contribution in [0.4, 0.5) is 0 Å². The summed E-state index contributed by atoms with van der Waals surface area (Å²) in [6.45, 7) is 0. The molecule has 0 fully saturated rings. The van der Waals surface area contributed by atoms with Gasteiger partial charge in [0, 0.05) is 16.4 Å². The maximum Gasteiger partial charge on any atom is 0.316 e. The van der Waals surface area contributed by atoms with Crippen LogP contribution >= 0.6 is 35.3 Å². The van der Waals surface area contributed by atoms with Gasteiger partial charge in [0.25, 0.3) is 0 Å². The Morgan fingerprint density at radius 1 is 1.04 bits per heavy atom. The maximum atomic E-state index is 12.9. The van der Waals surface area contributed by atoms with Crippen molar-refractivity contribution in [2.24, 2.45) is 5.92 Å². The van der Waals surface area contributed by atoms with Crippen molar-refractivity contribution in [1.29, 1.82) is 0 Å². The monoisotopic (exact) mass is 383 g/mol. The van der Waals surface area contributed by atoms with Gasteiger partial charge in [-0.15, -0.1) is 11.3 Å². The van der Waals surface area contributed by atoms with Crippen molar-refractivity contribution < 1.29 is 9.53 Å². The van der Waals surface area contributed by atoms with Crippen molar-refractivity contribution in [1.82, 2.24) is 4.98 Å². The second-order valence-corrected chi connectivity index (χ2v) is 8.99. The molecule has 0 spiro atoms. The standard InChI is InChI=1S/C19H13NO2S3/c21-18-14-13(11-8-4-5-9-12(11)22-18)16-17(20-19(23)25-16)24-15(14)10-6-2-1-3-7-10/h1-9,13-15H,(H,20,23)/t13-,14+,15-/m0/s1. The lowest BCUT2D eigenvalue weighted by molar-refractivity contribution is -0.140. The van der Waals surface area contributed by atoms with E-state index < -0.39 is 0 Å². The van der Waals surface area contributed by atoms with Gasteiger partial charge in [-0.05, 0) is 23.8 Å². The molecule has 0 amide bonds. The molecule has 2 aromatic carbocycles. The van der Waals surface area contributed by atoms with Crippen LogP contribution in [0, 0.1) is 9.87 Å². The van der Waals surface area contributed by atoms with Crippen LogP contribution in [-0.2, 0) is 4.79 Å². The number of thioether (sulfide) groups is 1. The van der Waals surface area contributed by atoms with E-state index in [2.05, 4.69) is 23.2 Å². The molecule has 124 valence electrons. The number of thiazole rings is 1. The van der Waals surface area contributed by atoms with Gasteiger partial charge in [0.1, 0.15) is 5.75 Å². The summed E-state index contributed by atoms with van der Waals surface area (Å²) in [6.07, 6.45) is 0. The van der Waals surface area contributed by atoms with Crippen LogP contribution in [0.15, 0.2) is 59.6 Å². The summed E-state index contributed by atoms with van der Waals surface area (Å²) >= 11 is 8.64. The lowest BCUT2D eigenvalue weighted by atomic mass is 9.78. The van der Waals surface area contributed by atoms with Gasteiger partial charge in [-0.2, -0.15) is 0 Å². The zero-order valence-corrected chi connectivity index (χ0v) is 15.4. The SMILES string of the molecule is O=C1Oc2ccccc2[C@@H]2c3sc(=S)[nH]c3S[C@@H](c3ccccc3)[C@H]12. The number of fused-ring (bicyclic) bond motifs is 5. The molecule has 25 heavy (non-hydrogen) atoms. The molecule has 2 aliphatic rings. The van der Waals surface area contributed by atoms with Gasteiger partial charge >= 0.3 is 5.97 Å². The molecule has 3 aromatic rings. The van der Waals surface area contributed by atoms with E-state index in [4.69, 9.17) is 17.0 Å². The summed E-state index contributed by atoms with van der Waals surface area (Å²) in [6, 6.07) is 18.0. The molecule has 3 atom stereocenters. The molecule has 0 radical (unpaired) electrons. The fraction of sp³-hybridized carbons (Fsp3) is 0.158. The molecule has 1 N–H and O–H groups in total. The van der Waals surface area contributed by atoms with E-state index in [1.165, 1.54) is 0 Å². The number of hydrogen-bond donors (Lipinski definition) is 1. The lowest BCUT2D eigenvalue weighted by Crippen LogP contribution is -2.37. The summed E-state index contributed by atoms with van der Waals surface area (Å²) in [4.78, 5) is 17.4. The minimum atomic E-state index is -0.253. The van der Waals surface area contributed by atoms with Gasteiger partial charge in [-0.25, -0.2) is 0 Å². The smallest absolute Gasteiger partial charge is 0.316 e. The van der Waals surface area contributed by atoms with Crippen molar-refractivity contribution in [3.8, 4) is 5.75 Å². The van der Waals surface area contributed by atoms with E-state index in [1.54, 1.807) is 23.1 Å².